The van der Waals surface area contributed by atoms with Gasteiger partial charge in [-0.1, -0.05) is 63.4 Å². The molecule has 9 heteroatoms. The van der Waals surface area contributed by atoms with Crippen LogP contribution >= 0.6 is 0 Å². The monoisotopic (exact) mass is 618 g/mol. The second-order valence-electron chi connectivity index (χ2n) is 13.0. The van der Waals surface area contributed by atoms with Gasteiger partial charge >= 0.3 is 6.09 Å². The van der Waals surface area contributed by atoms with E-state index in [1.807, 2.05) is 31.0 Å². The number of H-pyrrole nitrogens is 2. The molecule has 2 aromatic heterocycles. The number of aromatic nitrogens is 4. The van der Waals surface area contributed by atoms with Crippen LogP contribution in [0.25, 0.3) is 44.2 Å². The number of benzene rings is 3. The summed E-state index contributed by atoms with van der Waals surface area (Å²) < 4.78 is 4.81. The summed E-state index contributed by atoms with van der Waals surface area (Å²) in [6, 6.07) is 18.6. The third kappa shape index (κ3) is 5.74. The first-order valence-electron chi connectivity index (χ1n) is 16.7. The maximum absolute atomic E-state index is 13.7. The third-order valence-electron chi connectivity index (χ3n) is 10.1. The van der Waals surface area contributed by atoms with Crippen molar-refractivity contribution in [3.63, 3.8) is 0 Å². The molecule has 2 amide bonds. The number of hydrogen-bond acceptors (Lipinski definition) is 5. The van der Waals surface area contributed by atoms with E-state index in [-0.39, 0.29) is 17.9 Å². The number of methoxy groups -OCH3 is 1. The highest BCUT2D eigenvalue weighted by atomic mass is 16.5. The van der Waals surface area contributed by atoms with Crippen molar-refractivity contribution in [3.05, 3.63) is 72.4 Å². The van der Waals surface area contributed by atoms with Gasteiger partial charge in [0.15, 0.2) is 0 Å². The molecule has 2 fully saturated rings. The van der Waals surface area contributed by atoms with E-state index in [9.17, 15) is 9.59 Å². The molecule has 1 aliphatic heterocycles. The quantitative estimate of drug-likeness (QED) is 0.164. The zero-order chi connectivity index (χ0) is 31.8. The molecule has 0 radical (unpaired) electrons. The smallest absolute Gasteiger partial charge is 0.407 e. The van der Waals surface area contributed by atoms with Crippen molar-refractivity contribution in [1.82, 2.24) is 30.2 Å². The highest BCUT2D eigenvalue weighted by Crippen LogP contribution is 2.36. The van der Waals surface area contributed by atoms with Crippen LogP contribution in [0, 0.1) is 5.92 Å². The molecule has 2 aliphatic rings. The maximum atomic E-state index is 13.7. The van der Waals surface area contributed by atoms with Crippen LogP contribution in [0.4, 0.5) is 4.79 Å². The van der Waals surface area contributed by atoms with E-state index in [1.165, 1.54) is 43.6 Å². The zero-order valence-corrected chi connectivity index (χ0v) is 26.8. The molecule has 0 bridgehead atoms. The second kappa shape index (κ2) is 12.6. The Kier molecular flexibility index (Phi) is 8.23. The summed E-state index contributed by atoms with van der Waals surface area (Å²) in [5.74, 6) is 2.35. The number of amides is 2. The van der Waals surface area contributed by atoms with Crippen molar-refractivity contribution in [2.24, 2.45) is 5.92 Å². The summed E-state index contributed by atoms with van der Waals surface area (Å²) in [7, 11) is 1.32. The highest BCUT2D eigenvalue weighted by Gasteiger charge is 2.38. The molecule has 7 rings (SSSR count). The lowest BCUT2D eigenvalue weighted by Crippen LogP contribution is -2.51. The minimum Gasteiger partial charge on any atom is -0.453 e. The number of ether oxygens (including phenoxy) is 1. The van der Waals surface area contributed by atoms with Crippen molar-refractivity contribution in [2.45, 2.75) is 76.8 Å². The van der Waals surface area contributed by atoms with E-state index in [0.29, 0.717) is 12.5 Å². The fourth-order valence-corrected chi connectivity index (χ4v) is 7.21. The molecule has 1 aliphatic carbocycles. The summed E-state index contributed by atoms with van der Waals surface area (Å²) in [5, 5.41) is 5.13. The number of likely N-dealkylation sites (tertiary alicyclic amines) is 1. The molecule has 1 saturated heterocycles. The Morgan fingerprint density at radius 1 is 0.935 bits per heavy atom. The van der Waals surface area contributed by atoms with Crippen molar-refractivity contribution >= 4 is 33.8 Å². The predicted molar refractivity (Wildman–Crippen MR) is 180 cm³/mol. The largest absolute Gasteiger partial charge is 0.453 e. The van der Waals surface area contributed by atoms with E-state index in [4.69, 9.17) is 14.7 Å². The number of carbonyl (C=O) groups is 2. The Hall–Kier alpha value is -4.66. The minimum atomic E-state index is -0.646. The normalized spacial score (nSPS) is 18.3. The van der Waals surface area contributed by atoms with E-state index in [1.54, 1.807) is 0 Å². The molecule has 3 atom stereocenters. The zero-order valence-electron chi connectivity index (χ0n) is 26.8. The van der Waals surface area contributed by atoms with Crippen LogP contribution in [0.5, 0.6) is 0 Å². The molecular formula is C37H42N6O3. The van der Waals surface area contributed by atoms with Crippen LogP contribution in [0.1, 0.15) is 82.4 Å². The summed E-state index contributed by atoms with van der Waals surface area (Å²) in [5.41, 5.74) is 6.26. The Labute approximate surface area is 269 Å². The van der Waals surface area contributed by atoms with E-state index in [0.717, 1.165) is 64.3 Å². The summed E-state index contributed by atoms with van der Waals surface area (Å²) >= 11 is 0. The summed E-state index contributed by atoms with van der Waals surface area (Å²) in [6.45, 7) is 4.62. The SMILES string of the molecule is CC[C@H](C)[C@H](NC(=O)OC)C(=O)N1CCC[C@H]1c1nc2ccc(-c3ccc4cc(-c5cnc(C6CCCC6)[nH]5)ccc4c3)cc2[nH]1. The topological polar surface area (TPSA) is 116 Å². The molecule has 9 nitrogen and oxygen atoms in total. The molecule has 3 aromatic carbocycles. The lowest BCUT2D eigenvalue weighted by Gasteiger charge is -2.30. The average molecular weight is 619 g/mol. The lowest BCUT2D eigenvalue weighted by molar-refractivity contribution is -0.135. The summed E-state index contributed by atoms with van der Waals surface area (Å²) in [4.78, 5) is 44.3. The van der Waals surface area contributed by atoms with Crippen molar-refractivity contribution < 1.29 is 14.3 Å². The number of imidazole rings is 2. The third-order valence-corrected chi connectivity index (χ3v) is 10.1. The Bertz CT molecular complexity index is 1890. The number of carbonyl (C=O) groups excluding carboxylic acids is 2. The lowest BCUT2D eigenvalue weighted by atomic mass is 9.97. The number of rotatable bonds is 8. The van der Waals surface area contributed by atoms with Gasteiger partial charge in [-0.15, -0.1) is 0 Å². The number of hydrogen-bond donors (Lipinski definition) is 3. The van der Waals surface area contributed by atoms with Gasteiger partial charge in [-0.05, 0) is 77.8 Å². The predicted octanol–water partition coefficient (Wildman–Crippen LogP) is 7.87. The minimum absolute atomic E-state index is 0.0282. The average Bonchev–Trinajstić information content (AvgIpc) is 3.91. The molecule has 0 spiro atoms. The summed E-state index contributed by atoms with van der Waals surface area (Å²) in [6.07, 6.45) is 8.89. The number of nitrogens with one attached hydrogen (secondary N) is 3. The highest BCUT2D eigenvalue weighted by molar-refractivity contribution is 5.92. The van der Waals surface area contributed by atoms with Crippen LogP contribution in [0.3, 0.4) is 0 Å². The Morgan fingerprint density at radius 2 is 1.65 bits per heavy atom. The van der Waals surface area contributed by atoms with Gasteiger partial charge in [-0.25, -0.2) is 14.8 Å². The fraction of sp³-hybridized carbons (Fsp3) is 0.405. The van der Waals surface area contributed by atoms with E-state index >= 15 is 0 Å². The molecule has 238 valence electrons. The first-order chi connectivity index (χ1) is 22.4. The Balaban J connectivity index is 1.11. The molecule has 3 N–H and O–H groups in total. The van der Waals surface area contributed by atoms with Gasteiger partial charge < -0.3 is 24.9 Å². The van der Waals surface area contributed by atoms with Crippen LogP contribution in [0.2, 0.25) is 0 Å². The number of aromatic amines is 2. The number of nitrogens with zero attached hydrogens (tertiary/aromatic N) is 3. The van der Waals surface area contributed by atoms with Crippen LogP contribution in [-0.2, 0) is 9.53 Å². The Morgan fingerprint density at radius 3 is 2.41 bits per heavy atom. The van der Waals surface area contributed by atoms with Gasteiger partial charge in [0.05, 0.1) is 36.1 Å². The van der Waals surface area contributed by atoms with Crippen molar-refractivity contribution in [3.8, 4) is 22.4 Å². The molecule has 0 unspecified atom stereocenters. The van der Waals surface area contributed by atoms with Gasteiger partial charge in [0.25, 0.3) is 0 Å². The first-order valence-corrected chi connectivity index (χ1v) is 16.7. The van der Waals surface area contributed by atoms with Crippen LogP contribution in [-0.4, -0.2) is 56.5 Å². The van der Waals surface area contributed by atoms with E-state index < -0.39 is 12.1 Å². The second-order valence-corrected chi connectivity index (χ2v) is 13.0. The van der Waals surface area contributed by atoms with Gasteiger partial charge in [0.1, 0.15) is 17.7 Å². The maximum Gasteiger partial charge on any atom is 0.407 e. The number of fused-ring (bicyclic) bond motifs is 2. The molecular weight excluding hydrogens is 576 g/mol. The van der Waals surface area contributed by atoms with Gasteiger partial charge in [0, 0.05) is 18.0 Å². The standard InChI is InChI=1S/C37H42N6O3/c1-4-22(2)33(42-37(45)46-3)36(44)43-17-7-10-32(43)35-39-29-16-15-27(20-30(29)40-35)25-11-12-26-19-28(14-13-24(26)18-25)31-21-38-34(41-31)23-8-5-6-9-23/h11-16,18-23,32-33H,4-10,17H2,1-3H3,(H,38,41)(H,39,40)(H,42,45)/t22-,32-,33-/m0/s1. The van der Waals surface area contributed by atoms with Crippen LogP contribution in [0.15, 0.2) is 60.8 Å². The van der Waals surface area contributed by atoms with Gasteiger partial charge in [-0.3, -0.25) is 4.79 Å². The van der Waals surface area contributed by atoms with Crippen LogP contribution < -0.4 is 5.32 Å². The molecule has 1 saturated carbocycles. The number of alkyl carbamates (subject to hydrolysis) is 1. The molecule has 46 heavy (non-hydrogen) atoms. The van der Waals surface area contributed by atoms with Crippen molar-refractivity contribution in [2.75, 3.05) is 13.7 Å². The fourth-order valence-electron chi connectivity index (χ4n) is 7.21. The van der Waals surface area contributed by atoms with Gasteiger partial charge in [0.2, 0.25) is 5.91 Å². The van der Waals surface area contributed by atoms with Gasteiger partial charge in [-0.2, -0.15) is 0 Å². The van der Waals surface area contributed by atoms with E-state index in [2.05, 4.69) is 63.8 Å². The molecule has 3 heterocycles. The molecule has 5 aromatic rings. The van der Waals surface area contributed by atoms with Crippen molar-refractivity contribution in [1.29, 1.82) is 0 Å². The first kappa shape index (κ1) is 30.0.